The number of nitriles is 1. The first-order valence-electron chi connectivity index (χ1n) is 3.62. The van der Waals surface area contributed by atoms with Crippen LogP contribution in [0.25, 0.3) is 0 Å². The molecule has 1 fully saturated rings. The van der Waals surface area contributed by atoms with E-state index < -0.39 is 0 Å². The molecule has 0 unspecified atom stereocenters. The van der Waals surface area contributed by atoms with E-state index in [-0.39, 0.29) is 12.2 Å². The number of nitrogens with zero attached hydrogens (tertiary/aromatic N) is 1. The van der Waals surface area contributed by atoms with Gasteiger partial charge in [0.05, 0.1) is 6.07 Å². The van der Waals surface area contributed by atoms with E-state index in [2.05, 4.69) is 0 Å². The highest BCUT2D eigenvalue weighted by atomic mass is 35.5. The lowest BCUT2D eigenvalue weighted by molar-refractivity contribution is 0.396. The van der Waals surface area contributed by atoms with E-state index in [9.17, 15) is 0 Å². The van der Waals surface area contributed by atoms with Crippen LogP contribution in [0.4, 0.5) is 0 Å². The lowest BCUT2D eigenvalue weighted by atomic mass is 10.1. The summed E-state index contributed by atoms with van der Waals surface area (Å²) in [6, 6.07) is 9.43. The average Bonchev–Trinajstić information content (AvgIpc) is 2.83. The molecular formula is C9H6ClNO. The van der Waals surface area contributed by atoms with Crippen molar-refractivity contribution in [3.63, 3.8) is 0 Å². The van der Waals surface area contributed by atoms with Crippen LogP contribution in [0, 0.1) is 11.3 Å². The molecule has 0 N–H and O–H groups in total. The van der Waals surface area contributed by atoms with E-state index >= 15 is 0 Å². The van der Waals surface area contributed by atoms with Gasteiger partial charge in [-0.05, 0) is 17.7 Å². The molecule has 2 rings (SSSR count). The van der Waals surface area contributed by atoms with Gasteiger partial charge in [0.2, 0.25) is 0 Å². The van der Waals surface area contributed by atoms with Gasteiger partial charge in [-0.2, -0.15) is 5.26 Å². The quantitative estimate of drug-likeness (QED) is 0.621. The van der Waals surface area contributed by atoms with Gasteiger partial charge in [-0.1, -0.05) is 23.7 Å². The molecule has 0 amide bonds. The van der Waals surface area contributed by atoms with Crippen molar-refractivity contribution in [3.05, 3.63) is 34.9 Å². The Balaban J connectivity index is 2.21. The molecule has 3 heteroatoms. The van der Waals surface area contributed by atoms with Gasteiger partial charge in [-0.15, -0.1) is 0 Å². The standard InChI is InChI=1S/C9H6ClNO/c10-7-3-1-2-6(4-7)9-8(5-11)12-9/h1-4,8-9H/t8-,9-/m0/s1. The fraction of sp³-hybridized carbons (Fsp3) is 0.222. The fourth-order valence-electron chi connectivity index (χ4n) is 1.15. The molecule has 0 saturated carbocycles. The Morgan fingerprint density at radius 2 is 2.33 bits per heavy atom. The second-order valence-electron chi connectivity index (χ2n) is 2.66. The van der Waals surface area contributed by atoms with Gasteiger partial charge >= 0.3 is 0 Å². The third-order valence-electron chi connectivity index (χ3n) is 1.80. The third kappa shape index (κ3) is 1.29. The zero-order valence-electron chi connectivity index (χ0n) is 6.20. The minimum absolute atomic E-state index is 0.0614. The maximum Gasteiger partial charge on any atom is 0.175 e. The van der Waals surface area contributed by atoms with E-state index in [1.807, 2.05) is 24.3 Å². The SMILES string of the molecule is N#C[C@@H]1O[C@H]1c1cccc(Cl)c1. The van der Waals surface area contributed by atoms with Crippen LogP contribution in [0.1, 0.15) is 11.7 Å². The highest BCUT2D eigenvalue weighted by Crippen LogP contribution is 2.38. The van der Waals surface area contributed by atoms with Gasteiger partial charge in [0.25, 0.3) is 0 Å². The van der Waals surface area contributed by atoms with Gasteiger partial charge in [-0.25, -0.2) is 0 Å². The Labute approximate surface area is 75.3 Å². The number of hydrogen-bond acceptors (Lipinski definition) is 2. The van der Waals surface area contributed by atoms with Crippen molar-refractivity contribution in [3.8, 4) is 6.07 Å². The number of rotatable bonds is 1. The van der Waals surface area contributed by atoms with Gasteiger partial charge in [0.1, 0.15) is 6.10 Å². The van der Waals surface area contributed by atoms with E-state index in [1.165, 1.54) is 0 Å². The Hall–Kier alpha value is -1.04. The van der Waals surface area contributed by atoms with Gasteiger partial charge in [0, 0.05) is 5.02 Å². The molecule has 0 aliphatic carbocycles. The van der Waals surface area contributed by atoms with Crippen LogP contribution < -0.4 is 0 Å². The average molecular weight is 180 g/mol. The van der Waals surface area contributed by atoms with E-state index in [4.69, 9.17) is 21.6 Å². The lowest BCUT2D eigenvalue weighted by Crippen LogP contribution is -1.83. The van der Waals surface area contributed by atoms with Crippen LogP contribution in [-0.2, 0) is 4.74 Å². The van der Waals surface area contributed by atoms with Crippen LogP contribution in [-0.4, -0.2) is 6.10 Å². The highest BCUT2D eigenvalue weighted by Gasteiger charge is 2.40. The summed E-state index contributed by atoms with van der Waals surface area (Å²) in [5.41, 5.74) is 0.981. The first-order chi connectivity index (χ1) is 5.81. The number of ether oxygens (including phenoxy) is 1. The van der Waals surface area contributed by atoms with E-state index in [0.29, 0.717) is 5.02 Å². The monoisotopic (exact) mass is 179 g/mol. The largest absolute Gasteiger partial charge is 0.348 e. The van der Waals surface area contributed by atoms with Crippen LogP contribution in [0.15, 0.2) is 24.3 Å². The smallest absolute Gasteiger partial charge is 0.175 e. The molecule has 1 aliphatic heterocycles. The molecule has 2 atom stereocenters. The van der Waals surface area contributed by atoms with Crippen molar-refractivity contribution >= 4 is 11.6 Å². The number of halogens is 1. The minimum atomic E-state index is -0.275. The van der Waals surface area contributed by atoms with Crippen LogP contribution >= 0.6 is 11.6 Å². The predicted octanol–water partition coefficient (Wildman–Crippen LogP) is 2.30. The summed E-state index contributed by atoms with van der Waals surface area (Å²) < 4.78 is 5.09. The predicted molar refractivity (Wildman–Crippen MR) is 44.7 cm³/mol. The molecule has 0 aromatic heterocycles. The summed E-state index contributed by atoms with van der Waals surface area (Å²) in [6.45, 7) is 0. The third-order valence-corrected chi connectivity index (χ3v) is 2.03. The van der Waals surface area contributed by atoms with Crippen LogP contribution in [0.5, 0.6) is 0 Å². The fourth-order valence-corrected chi connectivity index (χ4v) is 1.35. The molecule has 0 bridgehead atoms. The molecular weight excluding hydrogens is 174 g/mol. The highest BCUT2D eigenvalue weighted by molar-refractivity contribution is 6.30. The molecule has 1 aliphatic rings. The van der Waals surface area contributed by atoms with Crippen molar-refractivity contribution in [2.75, 3.05) is 0 Å². The summed E-state index contributed by atoms with van der Waals surface area (Å²) >= 11 is 5.77. The van der Waals surface area contributed by atoms with Crippen LogP contribution in [0.2, 0.25) is 5.02 Å². The van der Waals surface area contributed by atoms with E-state index in [1.54, 1.807) is 6.07 Å². The Bertz CT molecular complexity index is 345. The second kappa shape index (κ2) is 2.78. The van der Waals surface area contributed by atoms with Crippen molar-refractivity contribution in [2.45, 2.75) is 12.2 Å². The molecule has 0 spiro atoms. The van der Waals surface area contributed by atoms with Gasteiger partial charge in [0.15, 0.2) is 6.10 Å². The van der Waals surface area contributed by atoms with Crippen molar-refractivity contribution < 1.29 is 4.74 Å². The summed E-state index contributed by atoms with van der Waals surface area (Å²) in [4.78, 5) is 0. The maximum atomic E-state index is 8.50. The number of hydrogen-bond donors (Lipinski definition) is 0. The Morgan fingerprint density at radius 1 is 1.50 bits per heavy atom. The van der Waals surface area contributed by atoms with Crippen molar-refractivity contribution in [2.24, 2.45) is 0 Å². The Morgan fingerprint density at radius 3 is 2.92 bits per heavy atom. The first kappa shape index (κ1) is 7.60. The molecule has 1 aromatic rings. The summed E-state index contributed by atoms with van der Waals surface area (Å²) in [5, 5.41) is 9.18. The molecule has 1 heterocycles. The van der Waals surface area contributed by atoms with Gasteiger partial charge < -0.3 is 4.74 Å². The number of epoxide rings is 1. The zero-order valence-corrected chi connectivity index (χ0v) is 6.95. The maximum absolute atomic E-state index is 8.50. The topological polar surface area (TPSA) is 36.3 Å². The summed E-state index contributed by atoms with van der Waals surface area (Å²) in [6.07, 6.45) is -0.336. The minimum Gasteiger partial charge on any atom is -0.348 e. The Kier molecular flexibility index (Phi) is 1.76. The van der Waals surface area contributed by atoms with Gasteiger partial charge in [-0.3, -0.25) is 0 Å². The first-order valence-corrected chi connectivity index (χ1v) is 3.99. The molecule has 1 aromatic carbocycles. The second-order valence-corrected chi connectivity index (χ2v) is 3.10. The molecule has 2 nitrogen and oxygen atoms in total. The zero-order chi connectivity index (χ0) is 8.55. The van der Waals surface area contributed by atoms with Crippen molar-refractivity contribution in [1.82, 2.24) is 0 Å². The summed E-state index contributed by atoms with van der Waals surface area (Å²) in [7, 11) is 0. The molecule has 1 saturated heterocycles. The van der Waals surface area contributed by atoms with Crippen LogP contribution in [0.3, 0.4) is 0 Å². The molecule has 60 valence electrons. The summed E-state index contributed by atoms with van der Waals surface area (Å²) in [5.74, 6) is 0. The molecule has 12 heavy (non-hydrogen) atoms. The lowest BCUT2D eigenvalue weighted by Gasteiger charge is -1.94. The number of benzene rings is 1. The van der Waals surface area contributed by atoms with E-state index in [0.717, 1.165) is 5.56 Å². The molecule has 0 radical (unpaired) electrons. The normalized spacial score (nSPS) is 26.3. The van der Waals surface area contributed by atoms with Crippen molar-refractivity contribution in [1.29, 1.82) is 5.26 Å².